The third-order valence-corrected chi connectivity index (χ3v) is 2.97. The van der Waals surface area contributed by atoms with E-state index in [1.165, 1.54) is 0 Å². The van der Waals surface area contributed by atoms with Crippen molar-refractivity contribution in [1.82, 2.24) is 15.0 Å². The number of anilines is 2. The third kappa shape index (κ3) is 2.25. The summed E-state index contributed by atoms with van der Waals surface area (Å²) < 4.78 is 5.71. The number of nitrogens with two attached hydrogens (primary N) is 1. The molecule has 20 heavy (non-hydrogen) atoms. The smallest absolute Gasteiger partial charge is 0.230 e. The molecule has 0 saturated heterocycles. The van der Waals surface area contributed by atoms with Gasteiger partial charge in [0.15, 0.2) is 5.76 Å². The van der Waals surface area contributed by atoms with Gasteiger partial charge in [0.25, 0.3) is 0 Å². The van der Waals surface area contributed by atoms with Crippen LogP contribution in [0.25, 0.3) is 22.6 Å². The zero-order chi connectivity index (χ0) is 14.3. The number of rotatable bonds is 2. The summed E-state index contributed by atoms with van der Waals surface area (Å²) in [4.78, 5) is 14.2. The minimum absolute atomic E-state index is 0.150. The van der Waals surface area contributed by atoms with Gasteiger partial charge in [0.2, 0.25) is 17.7 Å². The summed E-state index contributed by atoms with van der Waals surface area (Å²) in [6, 6.07) is 7.22. The van der Waals surface area contributed by atoms with Crippen molar-refractivity contribution in [2.24, 2.45) is 0 Å². The lowest BCUT2D eigenvalue weighted by Gasteiger charge is -2.10. The molecule has 2 aromatic heterocycles. The maximum atomic E-state index is 5.96. The number of halogens is 1. The lowest BCUT2D eigenvalue weighted by molar-refractivity contribution is 0.624. The number of aromatic nitrogens is 3. The Hall–Kier alpha value is -2.34. The Morgan fingerprint density at radius 3 is 2.70 bits per heavy atom. The normalized spacial score (nSPS) is 10.9. The Balaban J connectivity index is 2.15. The van der Waals surface area contributed by atoms with Crippen molar-refractivity contribution in [2.45, 2.75) is 0 Å². The van der Waals surface area contributed by atoms with Gasteiger partial charge in [-0.15, -0.1) is 0 Å². The highest BCUT2D eigenvalue weighted by atomic mass is 35.5. The highest BCUT2D eigenvalue weighted by Crippen LogP contribution is 2.28. The van der Waals surface area contributed by atoms with Crippen molar-refractivity contribution in [3.8, 4) is 11.6 Å². The van der Waals surface area contributed by atoms with E-state index in [4.69, 9.17) is 21.8 Å². The van der Waals surface area contributed by atoms with E-state index in [0.29, 0.717) is 22.6 Å². The summed E-state index contributed by atoms with van der Waals surface area (Å²) >= 11 is 5.96. The summed E-state index contributed by atoms with van der Waals surface area (Å²) in [6.07, 6.45) is 0. The molecule has 0 saturated carbocycles. The van der Waals surface area contributed by atoms with Crippen molar-refractivity contribution >= 4 is 34.5 Å². The van der Waals surface area contributed by atoms with Crippen LogP contribution in [0.3, 0.4) is 0 Å². The van der Waals surface area contributed by atoms with Gasteiger partial charge in [-0.25, -0.2) is 0 Å². The Kier molecular flexibility index (Phi) is 2.94. The van der Waals surface area contributed by atoms with Crippen LogP contribution in [0, 0.1) is 0 Å². The highest BCUT2D eigenvalue weighted by Gasteiger charge is 2.13. The van der Waals surface area contributed by atoms with Crippen LogP contribution in [0.15, 0.2) is 28.7 Å². The number of nitrogens with zero attached hydrogens (tertiary/aromatic N) is 4. The van der Waals surface area contributed by atoms with E-state index in [9.17, 15) is 0 Å². The SMILES string of the molecule is CN(C)c1nc(N)nc(-c2cc3cc(Cl)ccc3o2)n1. The quantitative estimate of drug-likeness (QED) is 0.781. The van der Waals surface area contributed by atoms with Gasteiger partial charge >= 0.3 is 0 Å². The van der Waals surface area contributed by atoms with Crippen LogP contribution >= 0.6 is 11.6 Å². The summed E-state index contributed by atoms with van der Waals surface area (Å²) in [7, 11) is 3.66. The fraction of sp³-hybridized carbons (Fsp3) is 0.154. The van der Waals surface area contributed by atoms with E-state index in [1.807, 2.05) is 26.2 Å². The predicted octanol–water partition coefficient (Wildman–Crippen LogP) is 2.59. The minimum Gasteiger partial charge on any atom is -0.453 e. The lowest BCUT2D eigenvalue weighted by atomic mass is 10.2. The molecule has 0 bridgehead atoms. The second-order valence-corrected chi connectivity index (χ2v) is 4.94. The first-order valence-electron chi connectivity index (χ1n) is 5.91. The maximum absolute atomic E-state index is 5.96. The Bertz CT molecular complexity index is 784. The molecule has 0 aliphatic carbocycles. The van der Waals surface area contributed by atoms with Crippen molar-refractivity contribution in [1.29, 1.82) is 0 Å². The topological polar surface area (TPSA) is 81.1 Å². The first-order valence-corrected chi connectivity index (χ1v) is 6.29. The summed E-state index contributed by atoms with van der Waals surface area (Å²) in [6.45, 7) is 0. The fourth-order valence-electron chi connectivity index (χ4n) is 1.82. The van der Waals surface area contributed by atoms with E-state index < -0.39 is 0 Å². The Morgan fingerprint density at radius 2 is 1.95 bits per heavy atom. The van der Waals surface area contributed by atoms with E-state index >= 15 is 0 Å². The monoisotopic (exact) mass is 289 g/mol. The predicted molar refractivity (Wildman–Crippen MR) is 78.8 cm³/mol. The molecular formula is C13H12ClN5O. The van der Waals surface area contributed by atoms with Crippen LogP contribution < -0.4 is 10.6 Å². The Morgan fingerprint density at radius 1 is 1.15 bits per heavy atom. The van der Waals surface area contributed by atoms with Crippen LogP contribution in [-0.2, 0) is 0 Å². The van der Waals surface area contributed by atoms with Crippen molar-refractivity contribution in [3.63, 3.8) is 0 Å². The first kappa shape index (κ1) is 12.7. The average Bonchev–Trinajstić information content (AvgIpc) is 2.80. The molecule has 7 heteroatoms. The zero-order valence-electron chi connectivity index (χ0n) is 11.0. The van der Waals surface area contributed by atoms with Gasteiger partial charge in [-0.05, 0) is 24.3 Å². The number of nitrogen functional groups attached to an aromatic ring is 1. The van der Waals surface area contributed by atoms with Crippen LogP contribution in [-0.4, -0.2) is 29.0 Å². The van der Waals surface area contributed by atoms with Gasteiger partial charge in [0.05, 0.1) is 0 Å². The maximum Gasteiger partial charge on any atom is 0.230 e. The minimum atomic E-state index is 0.150. The molecule has 3 aromatic rings. The second-order valence-electron chi connectivity index (χ2n) is 4.50. The van der Waals surface area contributed by atoms with Gasteiger partial charge in [-0.3, -0.25) is 0 Å². The van der Waals surface area contributed by atoms with Crippen LogP contribution in [0.2, 0.25) is 5.02 Å². The van der Waals surface area contributed by atoms with Crippen molar-refractivity contribution < 1.29 is 4.42 Å². The fourth-order valence-corrected chi connectivity index (χ4v) is 2.00. The lowest BCUT2D eigenvalue weighted by Crippen LogP contribution is -2.15. The highest BCUT2D eigenvalue weighted by molar-refractivity contribution is 6.31. The van der Waals surface area contributed by atoms with Crippen molar-refractivity contribution in [3.05, 3.63) is 29.3 Å². The molecule has 0 aliphatic rings. The number of fused-ring (bicyclic) bond motifs is 1. The molecule has 6 nitrogen and oxygen atoms in total. The van der Waals surface area contributed by atoms with Crippen LogP contribution in [0.1, 0.15) is 0 Å². The number of furan rings is 1. The average molecular weight is 290 g/mol. The van der Waals surface area contributed by atoms with Crippen LogP contribution in [0.4, 0.5) is 11.9 Å². The molecule has 1 aromatic carbocycles. The van der Waals surface area contributed by atoms with Gasteiger partial charge in [0.1, 0.15) is 5.58 Å². The number of hydrogen-bond acceptors (Lipinski definition) is 6. The molecule has 0 radical (unpaired) electrons. The summed E-state index contributed by atoms with van der Waals surface area (Å²) in [5, 5.41) is 1.53. The zero-order valence-corrected chi connectivity index (χ0v) is 11.7. The van der Waals surface area contributed by atoms with E-state index in [0.717, 1.165) is 11.0 Å². The van der Waals surface area contributed by atoms with E-state index in [2.05, 4.69) is 15.0 Å². The van der Waals surface area contributed by atoms with Crippen LogP contribution in [0.5, 0.6) is 0 Å². The number of hydrogen-bond donors (Lipinski definition) is 1. The Labute approximate surface area is 120 Å². The molecule has 0 amide bonds. The molecule has 0 atom stereocenters. The molecular weight excluding hydrogens is 278 g/mol. The third-order valence-electron chi connectivity index (χ3n) is 2.74. The van der Waals surface area contributed by atoms with Gasteiger partial charge < -0.3 is 15.1 Å². The second kappa shape index (κ2) is 4.64. The molecule has 0 unspecified atom stereocenters. The van der Waals surface area contributed by atoms with Gasteiger partial charge in [-0.2, -0.15) is 15.0 Å². The summed E-state index contributed by atoms with van der Waals surface area (Å²) in [5.74, 6) is 1.55. The molecule has 3 rings (SSSR count). The van der Waals surface area contributed by atoms with E-state index in [1.54, 1.807) is 17.0 Å². The molecule has 102 valence electrons. The van der Waals surface area contributed by atoms with Crippen molar-refractivity contribution in [2.75, 3.05) is 24.7 Å². The first-order chi connectivity index (χ1) is 9.52. The number of benzene rings is 1. The van der Waals surface area contributed by atoms with E-state index in [-0.39, 0.29) is 5.95 Å². The standard InChI is InChI=1S/C13H12ClN5O/c1-19(2)13-17-11(16-12(15)18-13)10-6-7-5-8(14)3-4-9(7)20-10/h3-6H,1-2H3,(H2,15,16,17,18). The van der Waals surface area contributed by atoms with Gasteiger partial charge in [-0.1, -0.05) is 11.6 Å². The molecule has 0 fully saturated rings. The molecule has 0 spiro atoms. The molecule has 0 aliphatic heterocycles. The molecule has 2 N–H and O–H groups in total. The largest absolute Gasteiger partial charge is 0.453 e. The summed E-state index contributed by atoms with van der Waals surface area (Å²) in [5.41, 5.74) is 6.42. The van der Waals surface area contributed by atoms with Gasteiger partial charge in [0, 0.05) is 24.5 Å². The molecule has 2 heterocycles.